The molecule has 1 aromatic rings. The van der Waals surface area contributed by atoms with E-state index >= 15 is 0 Å². The number of ether oxygens (including phenoxy) is 1. The van der Waals surface area contributed by atoms with Crippen LogP contribution in [0.2, 0.25) is 0 Å². The van der Waals surface area contributed by atoms with Crippen LogP contribution in [0, 0.1) is 13.8 Å². The number of thiocarbonyl (C=S) groups is 1. The molecule has 1 N–H and O–H groups in total. The summed E-state index contributed by atoms with van der Waals surface area (Å²) in [6, 6.07) is 6.21. The van der Waals surface area contributed by atoms with Crippen LogP contribution in [0.4, 0.5) is 5.69 Å². The predicted molar refractivity (Wildman–Crippen MR) is 73.0 cm³/mol. The molecule has 0 radical (unpaired) electrons. The lowest BCUT2D eigenvalue weighted by Gasteiger charge is -2.11. The summed E-state index contributed by atoms with van der Waals surface area (Å²) in [7, 11) is 0. The number of nitrogens with one attached hydrogen (secondary N) is 1. The smallest absolute Gasteiger partial charge is 0.261 e. The van der Waals surface area contributed by atoms with Gasteiger partial charge in [-0.3, -0.25) is 0 Å². The van der Waals surface area contributed by atoms with Crippen molar-refractivity contribution in [2.75, 3.05) is 11.9 Å². The summed E-state index contributed by atoms with van der Waals surface area (Å²) in [5, 5.41) is 3.56. The van der Waals surface area contributed by atoms with E-state index in [0.29, 0.717) is 11.8 Å². The maximum atomic E-state index is 5.39. The topological polar surface area (TPSA) is 21.3 Å². The van der Waals surface area contributed by atoms with E-state index in [1.165, 1.54) is 11.1 Å². The van der Waals surface area contributed by atoms with E-state index in [-0.39, 0.29) is 0 Å². The molecular formula is C13H19NOS. The van der Waals surface area contributed by atoms with Crippen molar-refractivity contribution in [1.82, 2.24) is 0 Å². The second-order valence-corrected chi connectivity index (χ2v) is 4.30. The zero-order valence-electron chi connectivity index (χ0n) is 10.2. The third-order valence-electron chi connectivity index (χ3n) is 2.35. The van der Waals surface area contributed by atoms with E-state index in [2.05, 4.69) is 38.2 Å². The van der Waals surface area contributed by atoms with Gasteiger partial charge in [0.15, 0.2) is 0 Å². The lowest BCUT2D eigenvalue weighted by molar-refractivity contribution is 0.304. The Morgan fingerprint density at radius 3 is 2.75 bits per heavy atom. The normalized spacial score (nSPS) is 9.94. The molecule has 0 unspecified atom stereocenters. The first kappa shape index (κ1) is 13.0. The van der Waals surface area contributed by atoms with Gasteiger partial charge in [-0.05, 0) is 44.1 Å². The zero-order chi connectivity index (χ0) is 12.0. The van der Waals surface area contributed by atoms with Crippen LogP contribution in [-0.2, 0) is 4.74 Å². The number of anilines is 1. The van der Waals surface area contributed by atoms with Crippen molar-refractivity contribution in [2.45, 2.75) is 33.6 Å². The second kappa shape index (κ2) is 6.48. The Labute approximate surface area is 103 Å². The van der Waals surface area contributed by atoms with Crippen LogP contribution in [0.1, 0.15) is 30.9 Å². The van der Waals surface area contributed by atoms with Crippen molar-refractivity contribution >= 4 is 23.1 Å². The highest BCUT2D eigenvalue weighted by molar-refractivity contribution is 7.80. The van der Waals surface area contributed by atoms with Crippen LogP contribution in [-0.4, -0.2) is 11.8 Å². The summed E-state index contributed by atoms with van der Waals surface area (Å²) in [6.07, 6.45) is 2.15. The largest absolute Gasteiger partial charge is 0.471 e. The molecule has 0 saturated carbocycles. The van der Waals surface area contributed by atoms with Crippen molar-refractivity contribution in [1.29, 1.82) is 0 Å². The Balaban J connectivity index is 2.49. The molecule has 0 bridgehead atoms. The molecule has 0 aromatic heterocycles. The van der Waals surface area contributed by atoms with Gasteiger partial charge < -0.3 is 10.1 Å². The van der Waals surface area contributed by atoms with Gasteiger partial charge >= 0.3 is 0 Å². The monoisotopic (exact) mass is 237 g/mol. The highest BCUT2D eigenvalue weighted by atomic mass is 32.1. The van der Waals surface area contributed by atoms with Gasteiger partial charge in [-0.2, -0.15) is 0 Å². The minimum absolute atomic E-state index is 0.459. The molecule has 1 aromatic carbocycles. The second-order valence-electron chi connectivity index (χ2n) is 3.93. The first-order valence-corrected chi connectivity index (χ1v) is 6.05. The number of hydrogen-bond donors (Lipinski definition) is 1. The molecule has 88 valence electrons. The van der Waals surface area contributed by atoms with Crippen molar-refractivity contribution in [3.63, 3.8) is 0 Å². The summed E-state index contributed by atoms with van der Waals surface area (Å²) >= 11 is 5.11. The van der Waals surface area contributed by atoms with Gasteiger partial charge in [-0.25, -0.2) is 0 Å². The summed E-state index contributed by atoms with van der Waals surface area (Å²) in [5.74, 6) is 0. The summed E-state index contributed by atoms with van der Waals surface area (Å²) < 4.78 is 5.39. The van der Waals surface area contributed by atoms with Crippen LogP contribution >= 0.6 is 12.2 Å². The third-order valence-corrected chi connectivity index (χ3v) is 2.57. The van der Waals surface area contributed by atoms with Gasteiger partial charge in [-0.1, -0.05) is 31.0 Å². The number of rotatable bonds is 4. The molecule has 0 atom stereocenters. The minimum Gasteiger partial charge on any atom is -0.471 e. The fraction of sp³-hybridized carbons (Fsp3) is 0.462. The minimum atomic E-state index is 0.459. The molecule has 0 amide bonds. The van der Waals surface area contributed by atoms with E-state index in [9.17, 15) is 0 Å². The molecular weight excluding hydrogens is 218 g/mol. The Hall–Kier alpha value is -1.09. The van der Waals surface area contributed by atoms with Gasteiger partial charge in [0, 0.05) is 5.69 Å². The summed E-state index contributed by atoms with van der Waals surface area (Å²) in [5.41, 5.74) is 3.45. The fourth-order valence-corrected chi connectivity index (χ4v) is 1.60. The van der Waals surface area contributed by atoms with Crippen molar-refractivity contribution in [3.8, 4) is 0 Å². The molecule has 2 nitrogen and oxygen atoms in total. The van der Waals surface area contributed by atoms with Crippen molar-refractivity contribution in [3.05, 3.63) is 29.3 Å². The SMILES string of the molecule is CCCCOC(=S)Nc1ccc(C)cc1C. The molecule has 0 saturated heterocycles. The quantitative estimate of drug-likeness (QED) is 0.635. The average Bonchev–Trinajstić information content (AvgIpc) is 2.23. The number of hydrogen-bond acceptors (Lipinski definition) is 2. The Kier molecular flexibility index (Phi) is 5.26. The van der Waals surface area contributed by atoms with Crippen LogP contribution in [0.25, 0.3) is 0 Å². The average molecular weight is 237 g/mol. The highest BCUT2D eigenvalue weighted by Crippen LogP contribution is 2.16. The number of benzene rings is 1. The first-order chi connectivity index (χ1) is 7.63. The molecule has 1 rings (SSSR count). The molecule has 0 fully saturated rings. The van der Waals surface area contributed by atoms with E-state index in [1.54, 1.807) is 0 Å². The lowest BCUT2D eigenvalue weighted by Crippen LogP contribution is -2.14. The van der Waals surface area contributed by atoms with Gasteiger partial charge in [-0.15, -0.1) is 0 Å². The van der Waals surface area contributed by atoms with Gasteiger partial charge in [0.25, 0.3) is 5.17 Å². The van der Waals surface area contributed by atoms with Gasteiger partial charge in [0.05, 0.1) is 6.61 Å². The van der Waals surface area contributed by atoms with Crippen LogP contribution < -0.4 is 5.32 Å². The maximum Gasteiger partial charge on any atom is 0.261 e. The molecule has 0 aliphatic rings. The molecule has 0 spiro atoms. The zero-order valence-corrected chi connectivity index (χ0v) is 11.0. The van der Waals surface area contributed by atoms with Crippen LogP contribution in [0.15, 0.2) is 18.2 Å². The van der Waals surface area contributed by atoms with Crippen molar-refractivity contribution < 1.29 is 4.74 Å². The van der Waals surface area contributed by atoms with E-state index < -0.39 is 0 Å². The Morgan fingerprint density at radius 1 is 1.38 bits per heavy atom. The van der Waals surface area contributed by atoms with Crippen LogP contribution in [0.5, 0.6) is 0 Å². The summed E-state index contributed by atoms with van der Waals surface area (Å²) in [6.45, 7) is 6.95. The first-order valence-electron chi connectivity index (χ1n) is 5.64. The van der Waals surface area contributed by atoms with Crippen molar-refractivity contribution in [2.24, 2.45) is 0 Å². The predicted octanol–water partition coefficient (Wildman–Crippen LogP) is 3.82. The number of aryl methyl sites for hydroxylation is 2. The molecule has 3 heteroatoms. The Bertz CT molecular complexity index is 363. The summed E-state index contributed by atoms with van der Waals surface area (Å²) in [4.78, 5) is 0. The highest BCUT2D eigenvalue weighted by Gasteiger charge is 2.01. The van der Waals surface area contributed by atoms with E-state index in [0.717, 1.165) is 18.5 Å². The molecule has 16 heavy (non-hydrogen) atoms. The third kappa shape index (κ3) is 4.19. The molecule has 0 aliphatic carbocycles. The lowest BCUT2D eigenvalue weighted by atomic mass is 10.1. The molecule has 0 heterocycles. The van der Waals surface area contributed by atoms with Crippen LogP contribution in [0.3, 0.4) is 0 Å². The van der Waals surface area contributed by atoms with E-state index in [4.69, 9.17) is 17.0 Å². The number of unbranched alkanes of at least 4 members (excludes halogenated alkanes) is 1. The van der Waals surface area contributed by atoms with Gasteiger partial charge in [0.1, 0.15) is 0 Å². The molecule has 0 aliphatic heterocycles. The van der Waals surface area contributed by atoms with E-state index in [1.807, 2.05) is 6.07 Å². The van der Waals surface area contributed by atoms with Gasteiger partial charge in [0.2, 0.25) is 0 Å². The Morgan fingerprint density at radius 2 is 2.12 bits per heavy atom. The maximum absolute atomic E-state index is 5.39. The standard InChI is InChI=1S/C13H19NOS/c1-4-5-8-15-13(16)14-12-7-6-10(2)9-11(12)3/h6-7,9H,4-5,8H2,1-3H3,(H,14,16). The fourth-order valence-electron chi connectivity index (χ4n) is 1.41.